The van der Waals surface area contributed by atoms with E-state index in [1.165, 1.54) is 11.5 Å². The average molecular weight is 285 g/mol. The van der Waals surface area contributed by atoms with Gasteiger partial charge in [0.1, 0.15) is 5.69 Å². The third-order valence-corrected chi connectivity index (χ3v) is 3.87. The standard InChI is InChI=1S/C10H11N3O3S2/c1-6-4-7(12-18-6)9(15)11-2-3-13-8(14)5-17-10(13)16/h4H,2-3,5H2,1H3,(H,11,15). The minimum absolute atomic E-state index is 0.193. The van der Waals surface area contributed by atoms with Crippen molar-refractivity contribution in [3.63, 3.8) is 0 Å². The van der Waals surface area contributed by atoms with E-state index in [1.807, 2.05) is 6.92 Å². The van der Waals surface area contributed by atoms with Crippen LogP contribution in [0.2, 0.25) is 0 Å². The highest BCUT2D eigenvalue weighted by atomic mass is 32.2. The summed E-state index contributed by atoms with van der Waals surface area (Å²) in [6.07, 6.45) is 0. The maximum absolute atomic E-state index is 11.6. The van der Waals surface area contributed by atoms with Crippen molar-refractivity contribution in [2.75, 3.05) is 18.8 Å². The van der Waals surface area contributed by atoms with Gasteiger partial charge in [-0.25, -0.2) is 0 Å². The van der Waals surface area contributed by atoms with Gasteiger partial charge in [0, 0.05) is 18.0 Å². The molecule has 2 heterocycles. The number of aryl methyl sites for hydroxylation is 1. The smallest absolute Gasteiger partial charge is 0.288 e. The van der Waals surface area contributed by atoms with E-state index < -0.39 is 0 Å². The number of nitrogens with zero attached hydrogens (tertiary/aromatic N) is 2. The molecule has 1 aliphatic rings. The Bertz CT molecular complexity index is 484. The second-order valence-electron chi connectivity index (χ2n) is 3.68. The van der Waals surface area contributed by atoms with Crippen molar-refractivity contribution in [3.8, 4) is 0 Å². The van der Waals surface area contributed by atoms with Gasteiger partial charge in [-0.05, 0) is 24.5 Å². The molecule has 0 spiro atoms. The number of hydrogen-bond donors (Lipinski definition) is 1. The molecule has 1 aliphatic heterocycles. The number of amides is 3. The molecule has 2 rings (SSSR count). The highest BCUT2D eigenvalue weighted by Crippen LogP contribution is 2.17. The molecule has 0 aliphatic carbocycles. The van der Waals surface area contributed by atoms with Crippen LogP contribution < -0.4 is 5.32 Å². The Morgan fingerprint density at radius 2 is 2.33 bits per heavy atom. The molecule has 3 amide bonds. The molecular weight excluding hydrogens is 274 g/mol. The van der Waals surface area contributed by atoms with Crippen LogP contribution >= 0.6 is 23.3 Å². The lowest BCUT2D eigenvalue weighted by molar-refractivity contribution is -0.124. The maximum Gasteiger partial charge on any atom is 0.288 e. The molecule has 1 aromatic rings. The zero-order valence-electron chi connectivity index (χ0n) is 9.63. The number of rotatable bonds is 4. The van der Waals surface area contributed by atoms with Crippen LogP contribution in [-0.4, -0.2) is 45.2 Å². The molecular formula is C10H11N3O3S2. The van der Waals surface area contributed by atoms with Gasteiger partial charge in [-0.2, -0.15) is 4.37 Å². The summed E-state index contributed by atoms with van der Waals surface area (Å²) in [5, 5.41) is 2.38. The van der Waals surface area contributed by atoms with Crippen molar-refractivity contribution >= 4 is 40.3 Å². The molecule has 18 heavy (non-hydrogen) atoms. The second kappa shape index (κ2) is 5.49. The summed E-state index contributed by atoms with van der Waals surface area (Å²) in [5.41, 5.74) is 0.367. The number of carbonyl (C=O) groups excluding carboxylic acids is 3. The van der Waals surface area contributed by atoms with E-state index in [-0.39, 0.29) is 35.9 Å². The predicted octanol–water partition coefficient (Wildman–Crippen LogP) is 0.877. The molecule has 1 fully saturated rings. The molecule has 0 bridgehead atoms. The van der Waals surface area contributed by atoms with E-state index in [1.54, 1.807) is 6.07 Å². The van der Waals surface area contributed by atoms with Crippen molar-refractivity contribution in [1.29, 1.82) is 0 Å². The van der Waals surface area contributed by atoms with Crippen molar-refractivity contribution in [3.05, 3.63) is 16.6 Å². The maximum atomic E-state index is 11.6. The molecule has 0 saturated carbocycles. The molecule has 1 N–H and O–H groups in total. The van der Waals surface area contributed by atoms with Crippen LogP contribution in [0, 0.1) is 6.92 Å². The van der Waals surface area contributed by atoms with Crippen LogP contribution in [0.3, 0.4) is 0 Å². The highest BCUT2D eigenvalue weighted by molar-refractivity contribution is 8.14. The Labute approximate surface area is 112 Å². The summed E-state index contributed by atoms with van der Waals surface area (Å²) in [6.45, 7) is 2.32. The lowest BCUT2D eigenvalue weighted by Gasteiger charge is -2.12. The number of carbonyl (C=O) groups is 3. The fourth-order valence-electron chi connectivity index (χ4n) is 1.44. The van der Waals surface area contributed by atoms with Crippen LogP contribution in [0.4, 0.5) is 4.79 Å². The third-order valence-electron chi connectivity index (χ3n) is 2.32. The fourth-order valence-corrected chi connectivity index (χ4v) is 2.74. The molecule has 1 aromatic heterocycles. The predicted molar refractivity (Wildman–Crippen MR) is 68.8 cm³/mol. The largest absolute Gasteiger partial charge is 0.349 e. The van der Waals surface area contributed by atoms with Crippen LogP contribution in [-0.2, 0) is 4.79 Å². The Balaban J connectivity index is 1.80. The average Bonchev–Trinajstić information content (AvgIpc) is 2.89. The Kier molecular flexibility index (Phi) is 3.97. The van der Waals surface area contributed by atoms with Gasteiger partial charge < -0.3 is 5.32 Å². The van der Waals surface area contributed by atoms with Gasteiger partial charge in [0.15, 0.2) is 0 Å². The quantitative estimate of drug-likeness (QED) is 0.888. The molecule has 0 atom stereocenters. The first-order chi connectivity index (χ1) is 8.58. The van der Waals surface area contributed by atoms with Gasteiger partial charge in [0.05, 0.1) is 5.75 Å². The molecule has 0 radical (unpaired) electrons. The lowest BCUT2D eigenvalue weighted by atomic mass is 10.3. The van der Waals surface area contributed by atoms with Gasteiger partial charge in [-0.3, -0.25) is 19.3 Å². The van der Waals surface area contributed by atoms with Gasteiger partial charge in [-0.15, -0.1) is 0 Å². The van der Waals surface area contributed by atoms with Crippen molar-refractivity contribution in [2.24, 2.45) is 0 Å². The topological polar surface area (TPSA) is 79.4 Å². The fraction of sp³-hybridized carbons (Fsp3) is 0.400. The Morgan fingerprint density at radius 3 is 2.89 bits per heavy atom. The van der Waals surface area contributed by atoms with E-state index in [0.29, 0.717) is 5.69 Å². The van der Waals surface area contributed by atoms with Crippen molar-refractivity contribution in [1.82, 2.24) is 14.6 Å². The highest BCUT2D eigenvalue weighted by Gasteiger charge is 2.29. The van der Waals surface area contributed by atoms with Crippen LogP contribution in [0.5, 0.6) is 0 Å². The molecule has 0 aromatic carbocycles. The number of thioether (sulfide) groups is 1. The van der Waals surface area contributed by atoms with E-state index in [9.17, 15) is 14.4 Å². The van der Waals surface area contributed by atoms with Crippen molar-refractivity contribution in [2.45, 2.75) is 6.92 Å². The van der Waals surface area contributed by atoms with Crippen LogP contribution in [0.25, 0.3) is 0 Å². The second-order valence-corrected chi connectivity index (χ2v) is 5.61. The van der Waals surface area contributed by atoms with Crippen LogP contribution in [0.1, 0.15) is 15.4 Å². The van der Waals surface area contributed by atoms with E-state index in [0.717, 1.165) is 21.5 Å². The summed E-state index contributed by atoms with van der Waals surface area (Å²) < 4.78 is 3.97. The normalized spacial score (nSPS) is 15.3. The first-order valence-corrected chi connectivity index (χ1v) is 7.02. The van der Waals surface area contributed by atoms with Gasteiger partial charge in [0.25, 0.3) is 11.1 Å². The minimum atomic E-state index is -0.286. The molecule has 0 unspecified atom stereocenters. The van der Waals surface area contributed by atoms with Crippen LogP contribution in [0.15, 0.2) is 6.07 Å². The first-order valence-electron chi connectivity index (χ1n) is 5.26. The molecule has 96 valence electrons. The summed E-state index contributed by atoms with van der Waals surface area (Å²) >= 11 is 2.25. The summed E-state index contributed by atoms with van der Waals surface area (Å²) in [7, 11) is 0. The number of nitrogens with one attached hydrogen (secondary N) is 1. The minimum Gasteiger partial charge on any atom is -0.349 e. The third kappa shape index (κ3) is 2.88. The Hall–Kier alpha value is -1.41. The van der Waals surface area contributed by atoms with E-state index >= 15 is 0 Å². The van der Waals surface area contributed by atoms with Gasteiger partial charge in [0.2, 0.25) is 5.91 Å². The summed E-state index contributed by atoms with van der Waals surface area (Å²) in [5.74, 6) is -0.298. The zero-order chi connectivity index (χ0) is 13.1. The lowest BCUT2D eigenvalue weighted by Crippen LogP contribution is -2.37. The number of hydrogen-bond acceptors (Lipinski definition) is 6. The first kappa shape index (κ1) is 13.0. The SMILES string of the molecule is Cc1cc(C(=O)NCCN2C(=O)CSC2=O)ns1. The Morgan fingerprint density at radius 1 is 1.56 bits per heavy atom. The van der Waals surface area contributed by atoms with Gasteiger partial charge in [-0.1, -0.05) is 11.8 Å². The van der Waals surface area contributed by atoms with Crippen molar-refractivity contribution < 1.29 is 14.4 Å². The summed E-state index contributed by atoms with van der Waals surface area (Å²) in [6, 6.07) is 1.70. The van der Waals surface area contributed by atoms with E-state index in [4.69, 9.17) is 0 Å². The number of aromatic nitrogens is 1. The van der Waals surface area contributed by atoms with Gasteiger partial charge >= 0.3 is 0 Å². The zero-order valence-corrected chi connectivity index (χ0v) is 11.3. The monoisotopic (exact) mass is 285 g/mol. The summed E-state index contributed by atoms with van der Waals surface area (Å²) in [4.78, 5) is 36.3. The number of imide groups is 1. The molecule has 6 nitrogen and oxygen atoms in total. The molecule has 8 heteroatoms. The van der Waals surface area contributed by atoms with E-state index in [2.05, 4.69) is 9.69 Å². The molecule has 1 saturated heterocycles.